The number of benzene rings is 1. The molecule has 0 radical (unpaired) electrons. The smallest absolute Gasteiger partial charge is 0.337 e. The molecule has 0 fully saturated rings. The Hall–Kier alpha value is -1.81. The third-order valence-electron chi connectivity index (χ3n) is 1.94. The van der Waals surface area contributed by atoms with E-state index in [1.165, 1.54) is 6.07 Å². The van der Waals surface area contributed by atoms with Crippen LogP contribution in [-0.4, -0.2) is 17.4 Å². The van der Waals surface area contributed by atoms with Crippen LogP contribution in [0, 0.1) is 0 Å². The van der Waals surface area contributed by atoms with Gasteiger partial charge in [-0.15, -0.1) is 0 Å². The molecule has 0 heterocycles. The number of halogens is 1. The summed E-state index contributed by atoms with van der Waals surface area (Å²) in [6.45, 7) is 0. The Bertz CT molecular complexity index is 455. The van der Waals surface area contributed by atoms with Crippen molar-refractivity contribution in [2.24, 2.45) is 0 Å². The van der Waals surface area contributed by atoms with Gasteiger partial charge >= 0.3 is 5.97 Å². The minimum Gasteiger partial charge on any atom is -0.478 e. The quantitative estimate of drug-likeness (QED) is 0.624. The van der Waals surface area contributed by atoms with E-state index in [9.17, 15) is 9.59 Å². The number of rotatable bonds is 4. The molecule has 0 aromatic heterocycles. The van der Waals surface area contributed by atoms with Gasteiger partial charge in [-0.3, -0.25) is 0 Å². The fourth-order valence-corrected chi connectivity index (χ4v) is 1.43. The number of carboxylic acids is 1. The summed E-state index contributed by atoms with van der Waals surface area (Å²) in [6, 6.07) is 2.83. The highest BCUT2D eigenvalue weighted by Gasteiger charge is 2.11. The predicted octanol–water partition coefficient (Wildman–Crippen LogP) is 2.22. The first kappa shape index (κ1) is 12.3. The minimum absolute atomic E-state index is 0.0433. The van der Waals surface area contributed by atoms with Gasteiger partial charge in [0, 0.05) is 11.4 Å². The van der Waals surface area contributed by atoms with Gasteiger partial charge in [-0.25, -0.2) is 4.79 Å². The van der Waals surface area contributed by atoms with Crippen molar-refractivity contribution in [1.82, 2.24) is 0 Å². The number of carbonyl (C=O) groups excluding carboxylic acids is 1. The number of aldehydes is 1. The van der Waals surface area contributed by atoms with E-state index in [1.807, 2.05) is 0 Å². The molecule has 4 nitrogen and oxygen atoms in total. The van der Waals surface area contributed by atoms with Gasteiger partial charge in [-0.05, 0) is 17.7 Å². The van der Waals surface area contributed by atoms with Crippen LogP contribution in [0.15, 0.2) is 18.2 Å². The summed E-state index contributed by atoms with van der Waals surface area (Å²) in [6.07, 6.45) is 4.13. The summed E-state index contributed by atoms with van der Waals surface area (Å²) in [7, 11) is 0. The van der Waals surface area contributed by atoms with Crippen molar-refractivity contribution in [3.63, 3.8) is 0 Å². The van der Waals surface area contributed by atoms with E-state index in [0.717, 1.165) is 6.29 Å². The van der Waals surface area contributed by atoms with E-state index in [0.29, 0.717) is 5.56 Å². The van der Waals surface area contributed by atoms with Crippen LogP contribution in [0.3, 0.4) is 0 Å². The van der Waals surface area contributed by atoms with Gasteiger partial charge in [-0.2, -0.15) is 0 Å². The Labute approximate surface area is 97.3 Å². The molecule has 1 aromatic carbocycles. The molecule has 5 heteroatoms. The number of allylic oxidation sites excluding steroid dienone is 1. The van der Waals surface area contributed by atoms with Gasteiger partial charge in [0.05, 0.1) is 11.3 Å². The molecule has 0 saturated heterocycles. The molecule has 3 N–H and O–H groups in total. The highest BCUT2D eigenvalue weighted by atomic mass is 35.5. The van der Waals surface area contributed by atoms with Gasteiger partial charge in [0.25, 0.3) is 0 Å². The summed E-state index contributed by atoms with van der Waals surface area (Å²) in [5.41, 5.74) is 6.24. The maximum absolute atomic E-state index is 10.8. The van der Waals surface area contributed by atoms with Crippen LogP contribution in [0.5, 0.6) is 0 Å². The highest BCUT2D eigenvalue weighted by molar-refractivity contribution is 6.31. The zero-order valence-corrected chi connectivity index (χ0v) is 9.07. The van der Waals surface area contributed by atoms with Crippen LogP contribution in [0.25, 0.3) is 6.08 Å². The van der Waals surface area contributed by atoms with E-state index in [4.69, 9.17) is 22.4 Å². The lowest BCUT2D eigenvalue weighted by Gasteiger charge is -2.05. The van der Waals surface area contributed by atoms with Crippen LogP contribution in [0.2, 0.25) is 5.02 Å². The SMILES string of the molecule is Nc1c(C=CCC=O)cc(Cl)cc1C(=O)O. The number of carbonyl (C=O) groups is 2. The molecule has 84 valence electrons. The maximum atomic E-state index is 10.8. The van der Waals surface area contributed by atoms with Gasteiger partial charge in [-0.1, -0.05) is 23.8 Å². The van der Waals surface area contributed by atoms with Gasteiger partial charge < -0.3 is 15.6 Å². The van der Waals surface area contributed by atoms with Crippen molar-refractivity contribution < 1.29 is 14.7 Å². The summed E-state index contributed by atoms with van der Waals surface area (Å²) in [5.74, 6) is -1.13. The van der Waals surface area contributed by atoms with Gasteiger partial charge in [0.2, 0.25) is 0 Å². The molecule has 0 saturated carbocycles. The molecule has 0 aliphatic heterocycles. The highest BCUT2D eigenvalue weighted by Crippen LogP contribution is 2.24. The number of anilines is 1. The van der Waals surface area contributed by atoms with Crippen molar-refractivity contribution in [2.45, 2.75) is 6.42 Å². The molecule has 0 bridgehead atoms. The Balaban J connectivity index is 3.18. The van der Waals surface area contributed by atoms with E-state index in [-0.39, 0.29) is 22.7 Å². The lowest BCUT2D eigenvalue weighted by molar-refractivity contribution is -0.107. The molecule has 0 aliphatic rings. The average Bonchev–Trinajstić information content (AvgIpc) is 2.22. The van der Waals surface area contributed by atoms with Crippen LogP contribution in [-0.2, 0) is 4.79 Å². The van der Waals surface area contributed by atoms with Crippen LogP contribution < -0.4 is 5.73 Å². The Morgan fingerprint density at radius 1 is 1.50 bits per heavy atom. The summed E-state index contributed by atoms with van der Waals surface area (Å²) < 4.78 is 0. The number of hydrogen-bond donors (Lipinski definition) is 2. The number of aromatic carboxylic acids is 1. The topological polar surface area (TPSA) is 80.4 Å². The Kier molecular flexibility index (Phi) is 4.08. The molecule has 0 aliphatic carbocycles. The predicted molar refractivity (Wildman–Crippen MR) is 62.5 cm³/mol. The standard InChI is InChI=1S/C11H10ClNO3/c12-8-5-7(3-1-2-4-14)10(13)9(6-8)11(15)16/h1,3-6H,2,13H2,(H,15,16). The molecule has 16 heavy (non-hydrogen) atoms. The van der Waals surface area contributed by atoms with Crippen molar-refractivity contribution in [1.29, 1.82) is 0 Å². The largest absolute Gasteiger partial charge is 0.478 e. The monoisotopic (exact) mass is 239 g/mol. The van der Waals surface area contributed by atoms with Crippen molar-refractivity contribution in [3.8, 4) is 0 Å². The lowest BCUT2D eigenvalue weighted by atomic mass is 10.1. The van der Waals surface area contributed by atoms with Crippen molar-refractivity contribution in [3.05, 3.63) is 34.4 Å². The average molecular weight is 240 g/mol. The fraction of sp³-hybridized carbons (Fsp3) is 0.0909. The number of carboxylic acid groups (broad SMARTS) is 1. The van der Waals surface area contributed by atoms with E-state index in [1.54, 1.807) is 18.2 Å². The second-order valence-electron chi connectivity index (χ2n) is 3.07. The van der Waals surface area contributed by atoms with E-state index < -0.39 is 5.97 Å². The summed E-state index contributed by atoms with van der Waals surface area (Å²) in [5, 5.41) is 9.16. The lowest BCUT2D eigenvalue weighted by Crippen LogP contribution is -2.04. The van der Waals surface area contributed by atoms with Crippen LogP contribution >= 0.6 is 11.6 Å². The zero-order chi connectivity index (χ0) is 12.1. The molecule has 0 unspecified atom stereocenters. The third kappa shape index (κ3) is 2.84. The maximum Gasteiger partial charge on any atom is 0.337 e. The number of nitrogens with two attached hydrogens (primary N) is 1. The molecule has 0 atom stereocenters. The van der Waals surface area contributed by atoms with E-state index in [2.05, 4.69) is 0 Å². The van der Waals surface area contributed by atoms with Crippen molar-refractivity contribution >= 4 is 35.6 Å². The number of nitrogen functional groups attached to an aromatic ring is 1. The first-order valence-electron chi connectivity index (χ1n) is 4.48. The Morgan fingerprint density at radius 3 is 2.75 bits per heavy atom. The first-order chi connectivity index (χ1) is 7.56. The molecule has 0 amide bonds. The van der Waals surface area contributed by atoms with Gasteiger partial charge in [0.15, 0.2) is 0 Å². The minimum atomic E-state index is -1.13. The van der Waals surface area contributed by atoms with E-state index >= 15 is 0 Å². The molecule has 1 aromatic rings. The fourth-order valence-electron chi connectivity index (χ4n) is 1.20. The second-order valence-corrected chi connectivity index (χ2v) is 3.50. The Morgan fingerprint density at radius 2 is 2.19 bits per heavy atom. The number of hydrogen-bond acceptors (Lipinski definition) is 3. The first-order valence-corrected chi connectivity index (χ1v) is 4.86. The van der Waals surface area contributed by atoms with Crippen LogP contribution in [0.1, 0.15) is 22.3 Å². The summed E-state index contributed by atoms with van der Waals surface area (Å²) >= 11 is 5.76. The van der Waals surface area contributed by atoms with Crippen LogP contribution in [0.4, 0.5) is 5.69 Å². The van der Waals surface area contributed by atoms with Crippen molar-refractivity contribution in [2.75, 3.05) is 5.73 Å². The zero-order valence-electron chi connectivity index (χ0n) is 8.31. The molecule has 1 rings (SSSR count). The molecule has 0 spiro atoms. The van der Waals surface area contributed by atoms with Gasteiger partial charge in [0.1, 0.15) is 6.29 Å². The third-order valence-corrected chi connectivity index (χ3v) is 2.16. The normalized spacial score (nSPS) is 10.6. The second kappa shape index (κ2) is 5.32. The molecular weight excluding hydrogens is 230 g/mol. The summed E-state index contributed by atoms with van der Waals surface area (Å²) in [4.78, 5) is 21.0. The molecular formula is C11H10ClNO3.